The molecule has 1 aromatic carbocycles. The van der Waals surface area contributed by atoms with Crippen LogP contribution in [0, 0.1) is 21.4 Å². The molecule has 1 aromatic rings. The summed E-state index contributed by atoms with van der Waals surface area (Å²) < 4.78 is 0. The van der Waals surface area contributed by atoms with Crippen LogP contribution in [0.2, 0.25) is 0 Å². The van der Waals surface area contributed by atoms with E-state index in [1.807, 2.05) is 6.07 Å². The number of nitrogens with one attached hydrogen (secondary N) is 1. The molecule has 0 amide bonds. The third-order valence-electron chi connectivity index (χ3n) is 5.20. The lowest BCUT2D eigenvalue weighted by Crippen LogP contribution is -2.32. The molecule has 0 aliphatic heterocycles. The first-order valence-electron chi connectivity index (χ1n) is 7.94. The Bertz CT molecular complexity index is 491. The van der Waals surface area contributed by atoms with E-state index in [1.165, 1.54) is 19.3 Å². The topological polar surface area (TPSA) is 55.2 Å². The SMILES string of the molecule is CCC(C)(C)C1CCC(Nc2ccccc2[N+](=O)[O-])CC1. The van der Waals surface area contributed by atoms with Gasteiger partial charge in [-0.3, -0.25) is 10.1 Å². The van der Waals surface area contributed by atoms with Gasteiger partial charge in [-0.25, -0.2) is 0 Å². The molecule has 1 fully saturated rings. The zero-order valence-electron chi connectivity index (χ0n) is 13.3. The minimum atomic E-state index is -0.311. The second-order valence-corrected chi connectivity index (χ2v) is 6.81. The first kappa shape index (κ1) is 15.8. The summed E-state index contributed by atoms with van der Waals surface area (Å²) in [7, 11) is 0. The van der Waals surface area contributed by atoms with E-state index in [4.69, 9.17) is 0 Å². The van der Waals surface area contributed by atoms with Crippen molar-refractivity contribution in [2.75, 3.05) is 5.32 Å². The molecule has 0 unspecified atom stereocenters. The molecule has 0 spiro atoms. The molecule has 4 nitrogen and oxygen atoms in total. The van der Waals surface area contributed by atoms with E-state index in [-0.39, 0.29) is 10.6 Å². The van der Waals surface area contributed by atoms with Crippen LogP contribution in [0.3, 0.4) is 0 Å². The summed E-state index contributed by atoms with van der Waals surface area (Å²) in [5.41, 5.74) is 1.23. The van der Waals surface area contributed by atoms with Gasteiger partial charge < -0.3 is 5.32 Å². The van der Waals surface area contributed by atoms with Gasteiger partial charge >= 0.3 is 0 Å². The summed E-state index contributed by atoms with van der Waals surface area (Å²) in [5, 5.41) is 14.4. The number of para-hydroxylation sites is 2. The fourth-order valence-electron chi connectivity index (χ4n) is 3.28. The molecule has 1 aliphatic carbocycles. The third kappa shape index (κ3) is 3.74. The highest BCUT2D eigenvalue weighted by Gasteiger charge is 2.32. The molecule has 0 saturated heterocycles. The minimum absolute atomic E-state index is 0.175. The number of anilines is 1. The molecular formula is C17H26N2O2. The van der Waals surface area contributed by atoms with Crippen LogP contribution in [-0.2, 0) is 0 Å². The van der Waals surface area contributed by atoms with Gasteiger partial charge in [0.05, 0.1) is 4.92 Å². The zero-order valence-corrected chi connectivity index (χ0v) is 13.3. The molecule has 1 N–H and O–H groups in total. The Morgan fingerprint density at radius 2 is 1.86 bits per heavy atom. The van der Waals surface area contributed by atoms with Gasteiger partial charge in [0, 0.05) is 12.1 Å². The van der Waals surface area contributed by atoms with E-state index in [9.17, 15) is 10.1 Å². The lowest BCUT2D eigenvalue weighted by molar-refractivity contribution is -0.384. The highest BCUT2D eigenvalue weighted by atomic mass is 16.6. The van der Waals surface area contributed by atoms with Crippen molar-refractivity contribution in [3.05, 3.63) is 34.4 Å². The third-order valence-corrected chi connectivity index (χ3v) is 5.20. The van der Waals surface area contributed by atoms with Crippen molar-refractivity contribution in [1.29, 1.82) is 0 Å². The van der Waals surface area contributed by atoms with Crippen LogP contribution in [0.5, 0.6) is 0 Å². The number of hydrogen-bond acceptors (Lipinski definition) is 3. The van der Waals surface area contributed by atoms with E-state index < -0.39 is 0 Å². The van der Waals surface area contributed by atoms with Crippen LogP contribution in [-0.4, -0.2) is 11.0 Å². The fraction of sp³-hybridized carbons (Fsp3) is 0.647. The van der Waals surface area contributed by atoms with Gasteiger partial charge in [0.1, 0.15) is 5.69 Å². The molecule has 1 saturated carbocycles. The van der Waals surface area contributed by atoms with Gasteiger partial charge in [-0.1, -0.05) is 39.3 Å². The summed E-state index contributed by atoms with van der Waals surface area (Å²) in [6, 6.07) is 7.29. The van der Waals surface area contributed by atoms with Crippen molar-refractivity contribution in [2.45, 2.75) is 58.9 Å². The summed E-state index contributed by atoms with van der Waals surface area (Å²) in [6.45, 7) is 6.97. The maximum Gasteiger partial charge on any atom is 0.292 e. The normalized spacial score (nSPS) is 22.8. The summed E-state index contributed by atoms with van der Waals surface area (Å²) in [6.07, 6.45) is 5.82. The average Bonchev–Trinajstić information content (AvgIpc) is 2.48. The van der Waals surface area contributed by atoms with Crippen molar-refractivity contribution >= 4 is 11.4 Å². The number of rotatable bonds is 5. The number of nitro benzene ring substituents is 1. The molecular weight excluding hydrogens is 264 g/mol. The first-order chi connectivity index (χ1) is 9.94. The molecule has 1 aliphatic rings. The summed E-state index contributed by atoms with van der Waals surface area (Å²) in [4.78, 5) is 10.7. The van der Waals surface area contributed by atoms with E-state index >= 15 is 0 Å². The number of nitro groups is 1. The standard InChI is InChI=1S/C17H26N2O2/c1-4-17(2,3)13-9-11-14(12-10-13)18-15-7-5-6-8-16(15)19(20)21/h5-8,13-14,18H,4,9-12H2,1-3H3. The number of hydrogen-bond donors (Lipinski definition) is 1. The fourth-order valence-corrected chi connectivity index (χ4v) is 3.28. The van der Waals surface area contributed by atoms with Crippen LogP contribution in [0.1, 0.15) is 52.9 Å². The zero-order chi connectivity index (χ0) is 15.5. The average molecular weight is 290 g/mol. The van der Waals surface area contributed by atoms with Gasteiger partial charge in [-0.05, 0) is 43.1 Å². The Labute approximate surface area is 127 Å². The lowest BCUT2D eigenvalue weighted by Gasteiger charge is -2.39. The van der Waals surface area contributed by atoms with Crippen molar-refractivity contribution in [2.24, 2.45) is 11.3 Å². The maximum absolute atomic E-state index is 11.1. The smallest absolute Gasteiger partial charge is 0.292 e. The Morgan fingerprint density at radius 1 is 1.24 bits per heavy atom. The molecule has 4 heteroatoms. The lowest BCUT2D eigenvalue weighted by atomic mass is 9.69. The second kappa shape index (κ2) is 6.46. The first-order valence-corrected chi connectivity index (χ1v) is 7.94. The van der Waals surface area contributed by atoms with E-state index in [2.05, 4.69) is 26.1 Å². The van der Waals surface area contributed by atoms with E-state index in [0.29, 0.717) is 17.1 Å². The number of benzene rings is 1. The molecule has 0 heterocycles. The summed E-state index contributed by atoms with van der Waals surface area (Å²) in [5.74, 6) is 0.770. The predicted octanol–water partition coefficient (Wildman–Crippen LogP) is 5.00. The van der Waals surface area contributed by atoms with Gasteiger partial charge in [0.2, 0.25) is 0 Å². The van der Waals surface area contributed by atoms with Gasteiger partial charge in [-0.2, -0.15) is 0 Å². The number of nitrogens with zero attached hydrogens (tertiary/aromatic N) is 1. The second-order valence-electron chi connectivity index (χ2n) is 6.81. The molecule has 116 valence electrons. The quantitative estimate of drug-likeness (QED) is 0.613. The van der Waals surface area contributed by atoms with E-state index in [1.54, 1.807) is 18.2 Å². The van der Waals surface area contributed by atoms with Gasteiger partial charge in [-0.15, -0.1) is 0 Å². The molecule has 0 radical (unpaired) electrons. The molecule has 0 aromatic heterocycles. The van der Waals surface area contributed by atoms with Crippen LogP contribution in [0.4, 0.5) is 11.4 Å². The highest BCUT2D eigenvalue weighted by molar-refractivity contribution is 5.61. The largest absolute Gasteiger partial charge is 0.377 e. The molecule has 21 heavy (non-hydrogen) atoms. The van der Waals surface area contributed by atoms with Gasteiger partial charge in [0.25, 0.3) is 5.69 Å². The van der Waals surface area contributed by atoms with Crippen molar-refractivity contribution < 1.29 is 4.92 Å². The molecule has 2 rings (SSSR count). The Balaban J connectivity index is 1.97. The van der Waals surface area contributed by atoms with Crippen LogP contribution < -0.4 is 5.32 Å². The Morgan fingerprint density at radius 3 is 2.43 bits per heavy atom. The van der Waals surface area contributed by atoms with E-state index in [0.717, 1.165) is 18.8 Å². The Hall–Kier alpha value is -1.58. The van der Waals surface area contributed by atoms with Crippen molar-refractivity contribution in [3.63, 3.8) is 0 Å². The van der Waals surface area contributed by atoms with Crippen LogP contribution in [0.25, 0.3) is 0 Å². The Kier molecular flexibility index (Phi) is 4.86. The van der Waals surface area contributed by atoms with Crippen LogP contribution in [0.15, 0.2) is 24.3 Å². The van der Waals surface area contributed by atoms with Gasteiger partial charge in [0.15, 0.2) is 0 Å². The van der Waals surface area contributed by atoms with Crippen LogP contribution >= 0.6 is 0 Å². The van der Waals surface area contributed by atoms with Crippen molar-refractivity contribution in [1.82, 2.24) is 0 Å². The minimum Gasteiger partial charge on any atom is -0.377 e. The van der Waals surface area contributed by atoms with Crippen molar-refractivity contribution in [3.8, 4) is 0 Å². The highest BCUT2D eigenvalue weighted by Crippen LogP contribution is 2.41. The maximum atomic E-state index is 11.1. The predicted molar refractivity (Wildman–Crippen MR) is 86.5 cm³/mol. The molecule has 0 atom stereocenters. The summed E-state index contributed by atoms with van der Waals surface area (Å²) >= 11 is 0. The monoisotopic (exact) mass is 290 g/mol. The molecule has 0 bridgehead atoms.